The van der Waals surface area contributed by atoms with Crippen LogP contribution >= 0.6 is 0 Å². The van der Waals surface area contributed by atoms with E-state index in [0.717, 1.165) is 31.9 Å². The van der Waals surface area contributed by atoms with Gasteiger partial charge in [-0.05, 0) is 26.6 Å². The molecule has 5 heteroatoms. The topological polar surface area (TPSA) is 58.3 Å². The molecule has 0 aliphatic carbocycles. The maximum atomic E-state index is 5.51. The van der Waals surface area contributed by atoms with Crippen molar-refractivity contribution >= 4 is 5.82 Å². The molecule has 0 bridgehead atoms. The number of nitrogens with two attached hydrogens (primary N) is 1. The van der Waals surface area contributed by atoms with Crippen LogP contribution in [0, 0.1) is 0 Å². The van der Waals surface area contributed by atoms with Gasteiger partial charge in [-0.1, -0.05) is 0 Å². The van der Waals surface area contributed by atoms with E-state index >= 15 is 0 Å². The van der Waals surface area contributed by atoms with E-state index in [1.54, 1.807) is 12.4 Å². The van der Waals surface area contributed by atoms with Crippen molar-refractivity contribution in [2.45, 2.75) is 13.0 Å². The normalized spacial score (nSPS) is 19.6. The third-order valence-corrected chi connectivity index (χ3v) is 2.92. The summed E-state index contributed by atoms with van der Waals surface area (Å²) in [5.41, 5.74) is 6.51. The Morgan fingerprint density at radius 3 is 2.81 bits per heavy atom. The summed E-state index contributed by atoms with van der Waals surface area (Å²) in [5, 5.41) is 0. The van der Waals surface area contributed by atoms with Crippen LogP contribution in [0.3, 0.4) is 0 Å². The van der Waals surface area contributed by atoms with Crippen molar-refractivity contribution in [2.24, 2.45) is 0 Å². The second-order valence-electron chi connectivity index (χ2n) is 4.37. The number of aromatic nitrogens is 2. The number of likely N-dealkylation sites (N-methyl/N-ethyl adjacent to an activating group) is 1. The predicted octanol–water partition coefficient (Wildman–Crippen LogP) is 0.196. The number of nitrogen functional groups attached to an aromatic ring is 1. The van der Waals surface area contributed by atoms with E-state index in [-0.39, 0.29) is 0 Å². The Labute approximate surface area is 96.3 Å². The van der Waals surface area contributed by atoms with Crippen molar-refractivity contribution in [3.05, 3.63) is 18.1 Å². The van der Waals surface area contributed by atoms with E-state index in [2.05, 4.69) is 26.8 Å². The molecule has 88 valence electrons. The molecule has 0 amide bonds. The van der Waals surface area contributed by atoms with E-state index in [9.17, 15) is 0 Å². The summed E-state index contributed by atoms with van der Waals surface area (Å²) in [6, 6.07) is 0. The molecule has 0 unspecified atom stereocenters. The maximum Gasteiger partial charge on any atom is 0.141 e. The molecule has 2 heterocycles. The number of rotatable bonds is 2. The van der Waals surface area contributed by atoms with Crippen molar-refractivity contribution in [1.82, 2.24) is 19.8 Å². The van der Waals surface area contributed by atoms with Gasteiger partial charge >= 0.3 is 0 Å². The zero-order chi connectivity index (χ0) is 11.4. The first kappa shape index (κ1) is 11.3. The molecule has 1 aromatic rings. The summed E-state index contributed by atoms with van der Waals surface area (Å²) in [6.07, 6.45) is 4.61. The molecule has 1 aromatic heterocycles. The molecule has 0 aromatic carbocycles. The SMILES string of the molecule is CN1CCCN(Cc2cnc(N)cn2)CC1. The summed E-state index contributed by atoms with van der Waals surface area (Å²) in [4.78, 5) is 13.1. The number of hydrogen-bond donors (Lipinski definition) is 1. The standard InChI is InChI=1S/C11H19N5/c1-15-3-2-4-16(6-5-15)9-10-7-14-11(12)8-13-10/h7-8H,2-6,9H2,1H3,(H2,12,14). The molecular formula is C11H19N5. The molecule has 1 fully saturated rings. The van der Waals surface area contributed by atoms with Crippen LogP contribution < -0.4 is 5.73 Å². The highest BCUT2D eigenvalue weighted by molar-refractivity contribution is 5.22. The highest BCUT2D eigenvalue weighted by Crippen LogP contribution is 2.06. The zero-order valence-electron chi connectivity index (χ0n) is 9.76. The van der Waals surface area contributed by atoms with Crippen molar-refractivity contribution in [3.63, 3.8) is 0 Å². The van der Waals surface area contributed by atoms with Crippen molar-refractivity contribution in [3.8, 4) is 0 Å². The minimum Gasteiger partial charge on any atom is -0.382 e. The minimum atomic E-state index is 0.486. The molecule has 1 saturated heterocycles. The van der Waals surface area contributed by atoms with Gasteiger partial charge < -0.3 is 10.6 Å². The Morgan fingerprint density at radius 1 is 1.19 bits per heavy atom. The minimum absolute atomic E-state index is 0.486. The van der Waals surface area contributed by atoms with Crippen molar-refractivity contribution in [2.75, 3.05) is 39.0 Å². The summed E-state index contributed by atoms with van der Waals surface area (Å²) in [6.45, 7) is 5.42. The van der Waals surface area contributed by atoms with Gasteiger partial charge in [-0.25, -0.2) is 4.98 Å². The van der Waals surface area contributed by atoms with E-state index in [4.69, 9.17) is 5.73 Å². The molecular weight excluding hydrogens is 202 g/mol. The third kappa shape index (κ3) is 3.15. The first-order valence-electron chi connectivity index (χ1n) is 5.71. The van der Waals surface area contributed by atoms with Gasteiger partial charge in [0.25, 0.3) is 0 Å². The van der Waals surface area contributed by atoms with Gasteiger partial charge in [0, 0.05) is 19.6 Å². The highest BCUT2D eigenvalue weighted by atomic mass is 15.2. The Morgan fingerprint density at radius 2 is 2.06 bits per heavy atom. The van der Waals surface area contributed by atoms with Gasteiger partial charge in [0.15, 0.2) is 0 Å². The molecule has 2 rings (SSSR count). The maximum absolute atomic E-state index is 5.51. The number of hydrogen-bond acceptors (Lipinski definition) is 5. The molecule has 2 N–H and O–H groups in total. The molecule has 0 atom stereocenters. The number of nitrogens with zero attached hydrogens (tertiary/aromatic N) is 4. The lowest BCUT2D eigenvalue weighted by atomic mass is 10.3. The molecule has 5 nitrogen and oxygen atoms in total. The molecule has 0 spiro atoms. The predicted molar refractivity (Wildman–Crippen MR) is 63.8 cm³/mol. The average Bonchev–Trinajstić information content (AvgIpc) is 2.47. The second kappa shape index (κ2) is 5.23. The zero-order valence-corrected chi connectivity index (χ0v) is 9.76. The summed E-state index contributed by atoms with van der Waals surface area (Å²) < 4.78 is 0. The Bertz CT molecular complexity index is 324. The van der Waals surface area contributed by atoms with Crippen LogP contribution in [0.5, 0.6) is 0 Å². The van der Waals surface area contributed by atoms with Crippen LogP contribution in [0.4, 0.5) is 5.82 Å². The lowest BCUT2D eigenvalue weighted by molar-refractivity contribution is 0.266. The summed E-state index contributed by atoms with van der Waals surface area (Å²) >= 11 is 0. The van der Waals surface area contributed by atoms with E-state index in [0.29, 0.717) is 5.82 Å². The summed E-state index contributed by atoms with van der Waals surface area (Å²) in [7, 11) is 2.17. The van der Waals surface area contributed by atoms with Crippen molar-refractivity contribution < 1.29 is 0 Å². The molecule has 1 aliphatic heterocycles. The fraction of sp³-hybridized carbons (Fsp3) is 0.636. The summed E-state index contributed by atoms with van der Waals surface area (Å²) in [5.74, 6) is 0.486. The molecule has 16 heavy (non-hydrogen) atoms. The van der Waals surface area contributed by atoms with Crippen LogP contribution in [0.2, 0.25) is 0 Å². The molecule has 0 saturated carbocycles. The first-order valence-corrected chi connectivity index (χ1v) is 5.71. The third-order valence-electron chi connectivity index (χ3n) is 2.92. The average molecular weight is 221 g/mol. The monoisotopic (exact) mass is 221 g/mol. The van der Waals surface area contributed by atoms with Gasteiger partial charge in [-0.15, -0.1) is 0 Å². The Balaban J connectivity index is 1.91. The fourth-order valence-electron chi connectivity index (χ4n) is 1.93. The van der Waals surface area contributed by atoms with E-state index < -0.39 is 0 Å². The largest absolute Gasteiger partial charge is 0.382 e. The Hall–Kier alpha value is -1.20. The lowest BCUT2D eigenvalue weighted by Gasteiger charge is -2.19. The van der Waals surface area contributed by atoms with Crippen LogP contribution in [0.1, 0.15) is 12.1 Å². The van der Waals surface area contributed by atoms with Crippen LogP contribution in [0.25, 0.3) is 0 Å². The fourth-order valence-corrected chi connectivity index (χ4v) is 1.93. The van der Waals surface area contributed by atoms with Gasteiger partial charge in [-0.2, -0.15) is 0 Å². The van der Waals surface area contributed by atoms with Crippen molar-refractivity contribution in [1.29, 1.82) is 0 Å². The second-order valence-corrected chi connectivity index (χ2v) is 4.37. The van der Waals surface area contributed by atoms with E-state index in [1.165, 1.54) is 13.0 Å². The smallest absolute Gasteiger partial charge is 0.141 e. The van der Waals surface area contributed by atoms with Gasteiger partial charge in [0.2, 0.25) is 0 Å². The van der Waals surface area contributed by atoms with Crippen LogP contribution in [-0.4, -0.2) is 53.0 Å². The van der Waals surface area contributed by atoms with E-state index in [1.807, 2.05) is 0 Å². The lowest BCUT2D eigenvalue weighted by Crippen LogP contribution is -2.28. The van der Waals surface area contributed by atoms with Gasteiger partial charge in [0.1, 0.15) is 5.82 Å². The molecule has 1 aliphatic rings. The molecule has 0 radical (unpaired) electrons. The highest BCUT2D eigenvalue weighted by Gasteiger charge is 2.12. The van der Waals surface area contributed by atoms with Gasteiger partial charge in [-0.3, -0.25) is 9.88 Å². The van der Waals surface area contributed by atoms with Crippen LogP contribution in [0.15, 0.2) is 12.4 Å². The first-order chi connectivity index (χ1) is 7.74. The van der Waals surface area contributed by atoms with Crippen LogP contribution in [-0.2, 0) is 6.54 Å². The Kier molecular flexibility index (Phi) is 3.69. The quantitative estimate of drug-likeness (QED) is 0.773. The number of anilines is 1. The van der Waals surface area contributed by atoms with Gasteiger partial charge in [0.05, 0.1) is 18.1 Å².